The highest BCUT2D eigenvalue weighted by molar-refractivity contribution is 6.53. The molecule has 0 N–H and O–H groups in total. The smallest absolute Gasteiger partial charge is 0.118 e. The lowest BCUT2D eigenvalue weighted by atomic mass is 9.83. The van der Waals surface area contributed by atoms with Crippen LogP contribution in [0.1, 0.15) is 0 Å². The van der Waals surface area contributed by atoms with E-state index >= 15 is 0 Å². The molecule has 0 aliphatic rings. The van der Waals surface area contributed by atoms with Crippen LogP contribution in [0.15, 0.2) is 206 Å². The van der Waals surface area contributed by atoms with Gasteiger partial charge in [0.15, 0.2) is 0 Å². The number of methoxy groups -OCH3 is 4. The van der Waals surface area contributed by atoms with E-state index in [1.807, 2.05) is 0 Å². The van der Waals surface area contributed by atoms with Gasteiger partial charge in [-0.15, -0.1) is 0 Å². The first kappa shape index (κ1) is 43.4. The summed E-state index contributed by atoms with van der Waals surface area (Å²) < 4.78 is 22.9. The van der Waals surface area contributed by atoms with E-state index < -0.39 is 0 Å². The van der Waals surface area contributed by atoms with Crippen LogP contribution in [-0.2, 0) is 0 Å². The molecular weight excluding hydrogens is 953 g/mol. The molecule has 0 unspecified atom stereocenters. The van der Waals surface area contributed by atoms with E-state index in [9.17, 15) is 0 Å². The van der Waals surface area contributed by atoms with Crippen LogP contribution in [0.5, 0.6) is 23.0 Å². The molecule has 17 aromatic rings. The van der Waals surface area contributed by atoms with Gasteiger partial charge in [0.25, 0.3) is 0 Å². The third kappa shape index (κ3) is 5.68. The van der Waals surface area contributed by atoms with Gasteiger partial charge in [-0.05, 0) is 259 Å². The summed E-state index contributed by atoms with van der Waals surface area (Å²) in [5.41, 5.74) is 9.42. The van der Waals surface area contributed by atoms with Crippen LogP contribution in [-0.4, -0.2) is 28.4 Å². The predicted molar refractivity (Wildman–Crippen MR) is 329 cm³/mol. The normalized spacial score (nSPS) is 12.4. The Kier molecular flexibility index (Phi) is 8.80. The minimum absolute atomic E-state index is 0.836. The first-order valence-electron chi connectivity index (χ1n) is 26.7. The van der Waals surface area contributed by atoms with Crippen molar-refractivity contribution < 1.29 is 18.9 Å². The molecule has 17 aromatic carbocycles. The maximum absolute atomic E-state index is 5.74. The van der Waals surface area contributed by atoms with Crippen LogP contribution >= 0.6 is 0 Å². The monoisotopic (exact) mass is 998 g/mol. The van der Waals surface area contributed by atoms with Crippen molar-refractivity contribution in [2.24, 2.45) is 0 Å². The lowest BCUT2D eigenvalue weighted by molar-refractivity contribution is 0.415. The highest BCUT2D eigenvalue weighted by Gasteiger charge is 2.29. The van der Waals surface area contributed by atoms with Gasteiger partial charge >= 0.3 is 0 Å². The Labute approximate surface area is 448 Å². The molecule has 0 saturated heterocycles. The van der Waals surface area contributed by atoms with Crippen molar-refractivity contribution in [3.05, 3.63) is 206 Å². The minimum atomic E-state index is 0.836. The summed E-state index contributed by atoms with van der Waals surface area (Å²) in [4.78, 5) is 0. The zero-order chi connectivity index (χ0) is 51.7. The fraction of sp³-hybridized carbons (Fsp3) is 0.0541. The molecular formula is C74H46O4. The minimum Gasteiger partial charge on any atom is -0.497 e. The standard InChI is InChI=1S/C74H46O4/c1-75-47-25-17-39(18-26-47)55-33-43-9-5-11-45-35-57(41-21-29-49(77-3)30-22-41)71-69-53-15-8-14-52-65(53)67(61(69)37-59(55)73(71)63(43)45)51-13-7-16-54-66(51)68(52)62-38-60-56(40-19-27-48(76-2)28-20-40)34-44-10-6-12-46-36-58(42-23-31-50(78-4)32-24-42)72(70(54)62)74(60)64(44)46/h5-38H,1-4H3. The van der Waals surface area contributed by atoms with Gasteiger partial charge in [0.05, 0.1) is 28.4 Å². The number of hydrogen-bond donors (Lipinski definition) is 0. The highest BCUT2D eigenvalue weighted by Crippen LogP contribution is 2.58. The van der Waals surface area contributed by atoms with Crippen LogP contribution < -0.4 is 18.9 Å². The summed E-state index contributed by atoms with van der Waals surface area (Å²) in [5, 5.41) is 30.4. The predicted octanol–water partition coefficient (Wildman–Crippen LogP) is 20.0. The van der Waals surface area contributed by atoms with Crippen LogP contribution in [0.2, 0.25) is 0 Å². The molecule has 0 saturated carbocycles. The van der Waals surface area contributed by atoms with E-state index in [0.717, 1.165) is 45.3 Å². The Morgan fingerprint density at radius 2 is 0.449 bits per heavy atom. The number of benzene rings is 15. The number of ether oxygens (including phenoxy) is 4. The lowest BCUT2D eigenvalue weighted by Gasteiger charge is -2.20. The lowest BCUT2D eigenvalue weighted by Crippen LogP contribution is -1.92. The van der Waals surface area contributed by atoms with Crippen molar-refractivity contribution in [3.8, 4) is 67.5 Å². The molecule has 0 spiro atoms. The van der Waals surface area contributed by atoms with Gasteiger partial charge in [-0.25, -0.2) is 0 Å². The molecule has 0 aromatic heterocycles. The van der Waals surface area contributed by atoms with Crippen molar-refractivity contribution in [2.75, 3.05) is 28.4 Å². The van der Waals surface area contributed by atoms with Crippen molar-refractivity contribution in [1.29, 1.82) is 0 Å². The fourth-order valence-corrected chi connectivity index (χ4v) is 14.3. The number of fused-ring (bicyclic) bond motifs is 10. The van der Waals surface area contributed by atoms with E-state index in [4.69, 9.17) is 18.9 Å². The Balaban J connectivity index is 1.10. The van der Waals surface area contributed by atoms with E-state index in [-0.39, 0.29) is 0 Å². The van der Waals surface area contributed by atoms with Crippen molar-refractivity contribution in [3.63, 3.8) is 0 Å². The largest absolute Gasteiger partial charge is 0.497 e. The van der Waals surface area contributed by atoms with E-state index in [1.165, 1.54) is 152 Å². The second-order valence-corrected chi connectivity index (χ2v) is 21.2. The zero-order valence-electron chi connectivity index (χ0n) is 43.3. The number of rotatable bonds is 8. The maximum atomic E-state index is 5.74. The molecule has 0 radical (unpaired) electrons. The molecule has 0 aliphatic heterocycles. The quantitative estimate of drug-likeness (QED) is 0.112. The van der Waals surface area contributed by atoms with Gasteiger partial charge in [0, 0.05) is 0 Å². The van der Waals surface area contributed by atoms with Crippen LogP contribution in [0.25, 0.3) is 174 Å². The Morgan fingerprint density at radius 1 is 0.192 bits per heavy atom. The van der Waals surface area contributed by atoms with Gasteiger partial charge in [0.2, 0.25) is 0 Å². The molecule has 0 fully saturated rings. The SMILES string of the molecule is COc1ccc(-c2cc3cccc4cc(-c5ccc(OC)cc5)c5c6c7cccc8c7c(c6cc2c5c34)c2cccc3c4c(cc5c(-c6ccc(OC)cc6)cc6cccc7cc(-c9ccc(OC)cc9)c4c5c67)c8c32)cc1. The van der Waals surface area contributed by atoms with Crippen molar-refractivity contribution in [1.82, 2.24) is 0 Å². The fourth-order valence-electron chi connectivity index (χ4n) is 14.3. The molecule has 366 valence electrons. The first-order chi connectivity index (χ1) is 38.5. The Morgan fingerprint density at radius 3 is 0.756 bits per heavy atom. The molecule has 0 amide bonds. The summed E-state index contributed by atoms with van der Waals surface area (Å²) in [6.07, 6.45) is 0. The highest BCUT2D eigenvalue weighted by atomic mass is 16.5. The topological polar surface area (TPSA) is 36.9 Å². The summed E-state index contributed by atoms with van der Waals surface area (Å²) in [5.74, 6) is 3.35. The number of hydrogen-bond acceptors (Lipinski definition) is 4. The van der Waals surface area contributed by atoms with E-state index in [1.54, 1.807) is 28.4 Å². The summed E-state index contributed by atoms with van der Waals surface area (Å²) in [7, 11) is 6.94. The molecule has 17 rings (SSSR count). The van der Waals surface area contributed by atoms with Crippen LogP contribution in [0.4, 0.5) is 0 Å². The molecule has 0 aliphatic carbocycles. The Hall–Kier alpha value is -9.90. The van der Waals surface area contributed by atoms with Gasteiger partial charge < -0.3 is 18.9 Å². The molecule has 4 nitrogen and oxygen atoms in total. The van der Waals surface area contributed by atoms with E-state index in [0.29, 0.717) is 0 Å². The zero-order valence-corrected chi connectivity index (χ0v) is 43.3. The van der Waals surface area contributed by atoms with Crippen LogP contribution in [0, 0.1) is 0 Å². The average Bonchev–Trinajstić information content (AvgIpc) is 3.96. The van der Waals surface area contributed by atoms with E-state index in [2.05, 4.69) is 206 Å². The van der Waals surface area contributed by atoms with Gasteiger partial charge in [0.1, 0.15) is 23.0 Å². The Bertz CT molecular complexity index is 4940. The summed E-state index contributed by atoms with van der Waals surface area (Å²) in [6.45, 7) is 0. The third-order valence-electron chi connectivity index (χ3n) is 17.6. The molecule has 78 heavy (non-hydrogen) atoms. The third-order valence-corrected chi connectivity index (χ3v) is 17.6. The average molecular weight is 999 g/mol. The second-order valence-electron chi connectivity index (χ2n) is 21.2. The summed E-state index contributed by atoms with van der Waals surface area (Å²) in [6, 6.07) is 77.0. The molecule has 0 bridgehead atoms. The summed E-state index contributed by atoms with van der Waals surface area (Å²) >= 11 is 0. The molecule has 0 atom stereocenters. The van der Waals surface area contributed by atoms with Gasteiger partial charge in [-0.2, -0.15) is 0 Å². The van der Waals surface area contributed by atoms with Crippen LogP contribution in [0.3, 0.4) is 0 Å². The molecule has 4 heteroatoms. The van der Waals surface area contributed by atoms with Gasteiger partial charge in [-0.3, -0.25) is 0 Å². The maximum Gasteiger partial charge on any atom is 0.118 e. The second kappa shape index (κ2) is 15.8. The molecule has 0 heterocycles. The first-order valence-corrected chi connectivity index (χ1v) is 26.7. The van der Waals surface area contributed by atoms with Gasteiger partial charge in [-0.1, -0.05) is 121 Å². The van der Waals surface area contributed by atoms with Crippen molar-refractivity contribution in [2.45, 2.75) is 0 Å². The van der Waals surface area contributed by atoms with Crippen molar-refractivity contribution >= 4 is 129 Å².